The zero-order valence-electron chi connectivity index (χ0n) is 8.76. The molecular weight excluding hydrogens is 263 g/mol. The number of aromatic nitrogens is 1. The van der Waals surface area contributed by atoms with Crippen molar-refractivity contribution >= 4 is 16.8 Å². The van der Waals surface area contributed by atoms with Gasteiger partial charge in [-0.3, -0.25) is 4.79 Å². The molecule has 0 saturated carbocycles. The van der Waals surface area contributed by atoms with Crippen LogP contribution < -0.4 is 9.47 Å². The van der Waals surface area contributed by atoms with Crippen molar-refractivity contribution in [2.45, 2.75) is 13.3 Å². The number of hydrogen-bond donors (Lipinski definition) is 0. The molecule has 1 aromatic rings. The molecule has 17 heavy (non-hydrogen) atoms. The van der Waals surface area contributed by atoms with Crippen molar-refractivity contribution in [1.29, 1.82) is 0 Å². The van der Waals surface area contributed by atoms with Gasteiger partial charge in [-0.25, -0.2) is 4.98 Å². The number of carbonyl (C=O) groups excluding carboxylic acids is 1. The molecule has 0 unspecified atom stereocenters. The summed E-state index contributed by atoms with van der Waals surface area (Å²) in [4.78, 5) is 14.6. The third kappa shape index (κ3) is 3.48. The monoisotopic (exact) mass is 269 g/mol. The molecule has 1 aromatic heterocycles. The quantitative estimate of drug-likeness (QED) is 0.792. The number of aryl methyl sites for hydroxylation is 1. The molecule has 0 saturated heterocycles. The molecule has 0 spiro atoms. The maximum absolute atomic E-state index is 12.1. The molecule has 1 heterocycles. The molecule has 8 heteroatoms. The second-order valence-electron chi connectivity index (χ2n) is 2.97. The van der Waals surface area contributed by atoms with Crippen LogP contribution in [0.4, 0.5) is 13.2 Å². The van der Waals surface area contributed by atoms with Gasteiger partial charge in [0, 0.05) is 11.8 Å². The fourth-order valence-corrected chi connectivity index (χ4v) is 1.26. The maximum atomic E-state index is 12.1. The summed E-state index contributed by atoms with van der Waals surface area (Å²) < 4.78 is 44.8. The first-order valence-corrected chi connectivity index (χ1v) is 4.63. The topological polar surface area (TPSA) is 48.4 Å². The molecule has 0 amide bonds. The van der Waals surface area contributed by atoms with Crippen molar-refractivity contribution in [3.8, 4) is 11.5 Å². The minimum Gasteiger partial charge on any atom is -0.493 e. The van der Waals surface area contributed by atoms with Crippen molar-refractivity contribution in [2.75, 3.05) is 7.11 Å². The van der Waals surface area contributed by atoms with Gasteiger partial charge in [-0.1, -0.05) is 0 Å². The second-order valence-corrected chi connectivity index (χ2v) is 3.31. The summed E-state index contributed by atoms with van der Waals surface area (Å²) in [5, 5.41) is -1.16. The Morgan fingerprint density at radius 1 is 1.47 bits per heavy atom. The van der Waals surface area contributed by atoms with Gasteiger partial charge in [0.15, 0.2) is 11.4 Å². The van der Waals surface area contributed by atoms with Gasteiger partial charge >= 0.3 is 6.36 Å². The summed E-state index contributed by atoms with van der Waals surface area (Å²) in [5.74, 6) is -1.11. The number of alkyl halides is 3. The van der Waals surface area contributed by atoms with Crippen LogP contribution >= 0.6 is 11.6 Å². The van der Waals surface area contributed by atoms with Crippen LogP contribution in [0.25, 0.3) is 0 Å². The number of ether oxygens (including phenoxy) is 2. The van der Waals surface area contributed by atoms with Crippen LogP contribution in [-0.2, 0) is 0 Å². The van der Waals surface area contributed by atoms with Crippen LogP contribution in [0, 0.1) is 6.92 Å². The predicted molar refractivity (Wildman–Crippen MR) is 52.4 cm³/mol. The number of methoxy groups -OCH3 is 1. The van der Waals surface area contributed by atoms with Crippen molar-refractivity contribution < 1.29 is 27.4 Å². The van der Waals surface area contributed by atoms with E-state index in [1.807, 2.05) is 0 Å². The zero-order valence-corrected chi connectivity index (χ0v) is 9.52. The van der Waals surface area contributed by atoms with Gasteiger partial charge in [0.25, 0.3) is 5.24 Å². The van der Waals surface area contributed by atoms with Crippen LogP contribution in [0.15, 0.2) is 6.07 Å². The first kappa shape index (κ1) is 13.6. The number of hydrogen-bond acceptors (Lipinski definition) is 4. The highest BCUT2D eigenvalue weighted by molar-refractivity contribution is 6.67. The van der Waals surface area contributed by atoms with E-state index in [1.165, 1.54) is 13.0 Å². The molecule has 0 radical (unpaired) electrons. The van der Waals surface area contributed by atoms with E-state index in [4.69, 9.17) is 11.6 Å². The molecule has 0 atom stereocenters. The summed E-state index contributed by atoms with van der Waals surface area (Å²) in [7, 11) is 1.14. The van der Waals surface area contributed by atoms with Gasteiger partial charge in [0.1, 0.15) is 0 Å². The van der Waals surface area contributed by atoms with E-state index >= 15 is 0 Å². The van der Waals surface area contributed by atoms with Crippen molar-refractivity contribution in [1.82, 2.24) is 4.98 Å². The highest BCUT2D eigenvalue weighted by atomic mass is 35.5. The minimum atomic E-state index is -4.97. The predicted octanol–water partition coefficient (Wildman–Crippen LogP) is 2.68. The zero-order chi connectivity index (χ0) is 13.2. The largest absolute Gasteiger partial charge is 0.573 e. The normalized spacial score (nSPS) is 11.2. The number of carbonyl (C=O) groups is 1. The maximum Gasteiger partial charge on any atom is 0.573 e. The van der Waals surface area contributed by atoms with Crippen LogP contribution in [-0.4, -0.2) is 23.7 Å². The SMILES string of the molecule is COc1cc(C)nc(C(=O)Cl)c1OC(F)(F)F. The molecule has 0 aliphatic carbocycles. The van der Waals surface area contributed by atoms with Crippen molar-refractivity contribution in [2.24, 2.45) is 0 Å². The molecular formula is C9H7ClF3NO3. The standard InChI is InChI=1S/C9H7ClF3NO3/c1-4-3-5(16-2)7(17-9(11,12)13)6(14-4)8(10)15/h3H,1-2H3. The molecule has 1 rings (SSSR count). The molecule has 0 N–H and O–H groups in total. The van der Waals surface area contributed by atoms with E-state index in [-0.39, 0.29) is 11.4 Å². The number of halogens is 4. The number of rotatable bonds is 3. The molecule has 0 fully saturated rings. The average Bonchev–Trinajstić information content (AvgIpc) is 2.17. The Morgan fingerprint density at radius 2 is 2.06 bits per heavy atom. The Bertz CT molecular complexity index is 448. The molecule has 0 aliphatic heterocycles. The van der Waals surface area contributed by atoms with Crippen LogP contribution in [0.3, 0.4) is 0 Å². The smallest absolute Gasteiger partial charge is 0.493 e. The third-order valence-corrected chi connectivity index (χ3v) is 1.87. The van der Waals surface area contributed by atoms with Crippen molar-refractivity contribution in [3.63, 3.8) is 0 Å². The van der Waals surface area contributed by atoms with Gasteiger partial charge in [0.05, 0.1) is 7.11 Å². The van der Waals surface area contributed by atoms with Gasteiger partial charge in [-0.05, 0) is 18.5 Å². The summed E-state index contributed by atoms with van der Waals surface area (Å²) in [6.07, 6.45) is -4.97. The van der Waals surface area contributed by atoms with E-state index in [9.17, 15) is 18.0 Å². The molecule has 4 nitrogen and oxygen atoms in total. The molecule has 0 aromatic carbocycles. The van der Waals surface area contributed by atoms with Crippen LogP contribution in [0.5, 0.6) is 11.5 Å². The Morgan fingerprint density at radius 3 is 2.47 bits per heavy atom. The summed E-state index contributed by atoms with van der Waals surface area (Å²) >= 11 is 5.13. The Balaban J connectivity index is 3.37. The molecule has 0 aliphatic rings. The van der Waals surface area contributed by atoms with E-state index in [0.717, 1.165) is 7.11 Å². The first-order valence-electron chi connectivity index (χ1n) is 4.26. The Hall–Kier alpha value is -1.50. The summed E-state index contributed by atoms with van der Waals surface area (Å²) in [6.45, 7) is 1.48. The lowest BCUT2D eigenvalue weighted by molar-refractivity contribution is -0.275. The minimum absolute atomic E-state index is 0.265. The Kier molecular flexibility index (Phi) is 3.82. The molecule has 94 valence electrons. The van der Waals surface area contributed by atoms with Gasteiger partial charge < -0.3 is 9.47 Å². The third-order valence-electron chi connectivity index (χ3n) is 1.69. The fourth-order valence-electron chi connectivity index (χ4n) is 1.13. The lowest BCUT2D eigenvalue weighted by atomic mass is 10.2. The van der Waals surface area contributed by atoms with Gasteiger partial charge in [0.2, 0.25) is 5.75 Å². The van der Waals surface area contributed by atoms with Crippen LogP contribution in [0.2, 0.25) is 0 Å². The average molecular weight is 270 g/mol. The highest BCUT2D eigenvalue weighted by Gasteiger charge is 2.35. The Labute approximate surface area is 99.3 Å². The molecule has 0 bridgehead atoms. The highest BCUT2D eigenvalue weighted by Crippen LogP contribution is 2.35. The van der Waals surface area contributed by atoms with E-state index in [2.05, 4.69) is 14.5 Å². The lowest BCUT2D eigenvalue weighted by Crippen LogP contribution is -2.20. The summed E-state index contributed by atoms with van der Waals surface area (Å²) in [6, 6.07) is 1.20. The van der Waals surface area contributed by atoms with E-state index in [0.29, 0.717) is 0 Å². The van der Waals surface area contributed by atoms with E-state index < -0.39 is 23.0 Å². The van der Waals surface area contributed by atoms with Gasteiger partial charge in [-0.15, -0.1) is 13.2 Å². The van der Waals surface area contributed by atoms with E-state index in [1.54, 1.807) is 0 Å². The number of nitrogens with zero attached hydrogens (tertiary/aromatic N) is 1. The van der Waals surface area contributed by atoms with Crippen LogP contribution in [0.1, 0.15) is 16.2 Å². The number of pyridine rings is 1. The van der Waals surface area contributed by atoms with Crippen molar-refractivity contribution in [3.05, 3.63) is 17.5 Å². The second kappa shape index (κ2) is 4.79. The lowest BCUT2D eigenvalue weighted by Gasteiger charge is -2.14. The van der Waals surface area contributed by atoms with Gasteiger partial charge in [-0.2, -0.15) is 0 Å². The summed E-state index contributed by atoms with van der Waals surface area (Å²) in [5.41, 5.74) is -0.360. The fraction of sp³-hybridized carbons (Fsp3) is 0.333. The first-order chi connectivity index (χ1) is 7.74.